The zero-order valence-corrected chi connectivity index (χ0v) is 11.9. The highest BCUT2D eigenvalue weighted by molar-refractivity contribution is 5.73. The molecule has 0 bridgehead atoms. The molecule has 0 aromatic heterocycles. The Hall–Kier alpha value is -2.34. The van der Waals surface area contributed by atoms with Gasteiger partial charge in [-0.2, -0.15) is 13.2 Å². The first-order valence-electron chi connectivity index (χ1n) is 6.41. The molecule has 0 radical (unpaired) electrons. The summed E-state index contributed by atoms with van der Waals surface area (Å²) < 4.78 is 31.7. The zero-order valence-electron chi connectivity index (χ0n) is 11.9. The van der Waals surface area contributed by atoms with Crippen LogP contribution in [0.4, 0.5) is 13.2 Å². The van der Waals surface area contributed by atoms with Gasteiger partial charge in [0.25, 0.3) is 0 Å². The van der Waals surface area contributed by atoms with E-state index in [2.05, 4.69) is 49.4 Å². The number of hydrogen-bond acceptors (Lipinski definition) is 2. The van der Waals surface area contributed by atoms with Gasteiger partial charge >= 0.3 is 12.1 Å². The second kappa shape index (κ2) is 7.61. The molecule has 0 aliphatic heterocycles. The van der Waals surface area contributed by atoms with Crippen molar-refractivity contribution in [2.24, 2.45) is 5.73 Å². The molecule has 2 rings (SSSR count). The lowest BCUT2D eigenvalue weighted by Crippen LogP contribution is -2.21. The van der Waals surface area contributed by atoms with Gasteiger partial charge < -0.3 is 10.8 Å². The number of carbonyl (C=O) groups is 1. The molecule has 0 saturated carbocycles. The lowest BCUT2D eigenvalue weighted by atomic mass is 9.96. The third-order valence-electron chi connectivity index (χ3n) is 2.92. The number of alkyl halides is 3. The molecule has 0 heterocycles. The molecule has 118 valence electrons. The second-order valence-corrected chi connectivity index (χ2v) is 4.48. The minimum Gasteiger partial charge on any atom is -0.475 e. The summed E-state index contributed by atoms with van der Waals surface area (Å²) in [6, 6.07) is 16.7. The molecule has 3 N–H and O–H groups in total. The Morgan fingerprint density at radius 1 is 1.05 bits per heavy atom. The van der Waals surface area contributed by atoms with Crippen molar-refractivity contribution in [2.45, 2.75) is 19.6 Å². The summed E-state index contributed by atoms with van der Waals surface area (Å²) >= 11 is 0. The number of aliphatic carboxylic acids is 1. The van der Waals surface area contributed by atoms with E-state index in [0.29, 0.717) is 6.54 Å². The Bertz CT molecular complexity index is 639. The molecule has 0 saturated heterocycles. The highest BCUT2D eigenvalue weighted by Gasteiger charge is 2.38. The Morgan fingerprint density at radius 3 is 1.95 bits per heavy atom. The van der Waals surface area contributed by atoms with Gasteiger partial charge in [-0.15, -0.1) is 0 Å². The Balaban J connectivity index is 0.000000295. The van der Waals surface area contributed by atoms with E-state index < -0.39 is 12.1 Å². The number of benzene rings is 2. The molecule has 22 heavy (non-hydrogen) atoms. The molecule has 6 heteroatoms. The van der Waals surface area contributed by atoms with E-state index in [1.807, 2.05) is 6.07 Å². The van der Waals surface area contributed by atoms with Crippen molar-refractivity contribution in [1.82, 2.24) is 0 Å². The molecular weight excluding hydrogens is 295 g/mol. The maximum Gasteiger partial charge on any atom is 0.490 e. The second-order valence-electron chi connectivity index (χ2n) is 4.48. The van der Waals surface area contributed by atoms with Gasteiger partial charge in [-0.3, -0.25) is 0 Å². The SMILES string of the molecule is Cc1ccccc1-c1ccccc1CN.O=C(O)C(F)(F)F. The molecule has 2 aromatic rings. The van der Waals surface area contributed by atoms with Crippen LogP contribution in [0.3, 0.4) is 0 Å². The minimum absolute atomic E-state index is 0.588. The lowest BCUT2D eigenvalue weighted by molar-refractivity contribution is -0.192. The van der Waals surface area contributed by atoms with E-state index in [1.165, 1.54) is 22.3 Å². The van der Waals surface area contributed by atoms with Crippen LogP contribution in [0.2, 0.25) is 0 Å². The van der Waals surface area contributed by atoms with Crippen molar-refractivity contribution in [1.29, 1.82) is 0 Å². The first-order valence-corrected chi connectivity index (χ1v) is 6.41. The number of aryl methyl sites for hydroxylation is 1. The van der Waals surface area contributed by atoms with Crippen LogP contribution in [0.15, 0.2) is 48.5 Å². The summed E-state index contributed by atoms with van der Waals surface area (Å²) in [7, 11) is 0. The van der Waals surface area contributed by atoms with Crippen LogP contribution in [0.1, 0.15) is 11.1 Å². The summed E-state index contributed by atoms with van der Waals surface area (Å²) in [4.78, 5) is 8.90. The first-order chi connectivity index (χ1) is 10.3. The normalized spacial score (nSPS) is 10.6. The van der Waals surface area contributed by atoms with Gasteiger partial charge in [0.05, 0.1) is 0 Å². The van der Waals surface area contributed by atoms with Crippen LogP contribution in [0.25, 0.3) is 11.1 Å². The summed E-state index contributed by atoms with van der Waals surface area (Å²) in [5.74, 6) is -2.76. The van der Waals surface area contributed by atoms with Gasteiger partial charge in [0.2, 0.25) is 0 Å². The standard InChI is InChI=1S/C14H15N.C2HF3O2/c1-11-6-2-4-8-13(11)14-9-5-3-7-12(14)10-15;3-2(4,5)1(6)7/h2-9H,10,15H2,1H3;(H,6,7). The number of hydrogen-bond donors (Lipinski definition) is 2. The summed E-state index contributed by atoms with van der Waals surface area (Å²) in [5, 5.41) is 7.12. The van der Waals surface area contributed by atoms with E-state index in [-0.39, 0.29) is 0 Å². The van der Waals surface area contributed by atoms with Crippen LogP contribution >= 0.6 is 0 Å². The maximum atomic E-state index is 10.6. The van der Waals surface area contributed by atoms with Crippen molar-refractivity contribution < 1.29 is 23.1 Å². The van der Waals surface area contributed by atoms with Crippen LogP contribution in [0.5, 0.6) is 0 Å². The quantitative estimate of drug-likeness (QED) is 0.887. The van der Waals surface area contributed by atoms with E-state index in [9.17, 15) is 13.2 Å². The monoisotopic (exact) mass is 311 g/mol. The Kier molecular flexibility index (Phi) is 6.12. The predicted octanol–water partition coefficient (Wildman–Crippen LogP) is 3.75. The molecule has 0 atom stereocenters. The van der Waals surface area contributed by atoms with Crippen molar-refractivity contribution >= 4 is 5.97 Å². The predicted molar refractivity (Wildman–Crippen MR) is 78.2 cm³/mol. The Labute approximate surface area is 126 Å². The number of halogens is 3. The number of nitrogens with two attached hydrogens (primary N) is 1. The van der Waals surface area contributed by atoms with Gasteiger partial charge in [0, 0.05) is 6.54 Å². The summed E-state index contributed by atoms with van der Waals surface area (Å²) in [6.07, 6.45) is -5.08. The fourth-order valence-electron chi connectivity index (χ4n) is 1.84. The van der Waals surface area contributed by atoms with Crippen molar-refractivity contribution in [3.8, 4) is 11.1 Å². The van der Waals surface area contributed by atoms with Crippen molar-refractivity contribution in [2.75, 3.05) is 0 Å². The van der Waals surface area contributed by atoms with Gasteiger partial charge in [-0.25, -0.2) is 4.79 Å². The molecule has 2 aromatic carbocycles. The molecule has 0 aliphatic carbocycles. The molecular formula is C16H16F3NO2. The van der Waals surface area contributed by atoms with Gasteiger partial charge in [-0.1, -0.05) is 48.5 Å². The Morgan fingerprint density at radius 2 is 1.50 bits per heavy atom. The molecule has 0 fully saturated rings. The largest absolute Gasteiger partial charge is 0.490 e. The average Bonchev–Trinajstić information content (AvgIpc) is 2.47. The fourth-order valence-corrected chi connectivity index (χ4v) is 1.84. The molecule has 3 nitrogen and oxygen atoms in total. The molecule has 0 spiro atoms. The molecule has 0 amide bonds. The number of carboxylic acid groups (broad SMARTS) is 1. The van der Waals surface area contributed by atoms with Gasteiger partial charge in [0.15, 0.2) is 0 Å². The smallest absolute Gasteiger partial charge is 0.475 e. The van der Waals surface area contributed by atoms with Crippen LogP contribution < -0.4 is 5.73 Å². The van der Waals surface area contributed by atoms with Gasteiger partial charge in [-0.05, 0) is 29.2 Å². The van der Waals surface area contributed by atoms with E-state index in [4.69, 9.17) is 15.6 Å². The third kappa shape index (κ3) is 4.89. The first kappa shape index (κ1) is 17.7. The molecule has 0 unspecified atom stereocenters. The zero-order chi connectivity index (χ0) is 16.8. The van der Waals surface area contributed by atoms with Crippen molar-refractivity contribution in [3.63, 3.8) is 0 Å². The molecule has 0 aliphatic rings. The van der Waals surface area contributed by atoms with Gasteiger partial charge in [0.1, 0.15) is 0 Å². The summed E-state index contributed by atoms with van der Waals surface area (Å²) in [6.45, 7) is 2.72. The van der Waals surface area contributed by atoms with Crippen LogP contribution in [-0.2, 0) is 11.3 Å². The minimum atomic E-state index is -5.08. The van der Waals surface area contributed by atoms with E-state index in [1.54, 1.807) is 0 Å². The topological polar surface area (TPSA) is 63.3 Å². The maximum absolute atomic E-state index is 10.6. The fraction of sp³-hybridized carbons (Fsp3) is 0.188. The van der Waals surface area contributed by atoms with Crippen molar-refractivity contribution in [3.05, 3.63) is 59.7 Å². The number of rotatable bonds is 2. The number of carboxylic acids is 1. The highest BCUT2D eigenvalue weighted by atomic mass is 19.4. The van der Waals surface area contributed by atoms with Crippen LogP contribution in [0, 0.1) is 6.92 Å². The summed E-state index contributed by atoms with van der Waals surface area (Å²) in [5.41, 5.74) is 10.8. The average molecular weight is 311 g/mol. The van der Waals surface area contributed by atoms with Crippen LogP contribution in [-0.4, -0.2) is 17.3 Å². The van der Waals surface area contributed by atoms with E-state index >= 15 is 0 Å². The third-order valence-corrected chi connectivity index (χ3v) is 2.92. The lowest BCUT2D eigenvalue weighted by Gasteiger charge is -2.10. The van der Waals surface area contributed by atoms with E-state index in [0.717, 1.165) is 0 Å². The highest BCUT2D eigenvalue weighted by Crippen LogP contribution is 2.26.